The summed E-state index contributed by atoms with van der Waals surface area (Å²) in [7, 11) is 0. The van der Waals surface area contributed by atoms with Gasteiger partial charge in [-0.25, -0.2) is 4.98 Å². The number of rotatable bonds is 3. The second-order valence-electron chi connectivity index (χ2n) is 5.32. The van der Waals surface area contributed by atoms with Crippen LogP contribution in [0.25, 0.3) is 22.2 Å². The zero-order chi connectivity index (χ0) is 15.8. The van der Waals surface area contributed by atoms with Gasteiger partial charge in [0.25, 0.3) is 0 Å². The third kappa shape index (κ3) is 2.46. The first-order chi connectivity index (χ1) is 11.2. The minimum absolute atomic E-state index is 0.0411. The van der Waals surface area contributed by atoms with Gasteiger partial charge in [0.05, 0.1) is 17.6 Å². The highest BCUT2D eigenvalue weighted by Crippen LogP contribution is 2.36. The molecule has 23 heavy (non-hydrogen) atoms. The Labute approximate surface area is 132 Å². The summed E-state index contributed by atoms with van der Waals surface area (Å²) in [4.78, 5) is 15.8. The van der Waals surface area contributed by atoms with Crippen LogP contribution in [-0.2, 0) is 11.2 Å². The summed E-state index contributed by atoms with van der Waals surface area (Å²) in [6, 6.07) is 15.0. The first-order valence-corrected chi connectivity index (χ1v) is 7.21. The van der Waals surface area contributed by atoms with Gasteiger partial charge >= 0.3 is 5.97 Å². The molecule has 1 aliphatic rings. The molecular weight excluding hydrogens is 294 g/mol. The quantitative estimate of drug-likeness (QED) is 0.804. The van der Waals surface area contributed by atoms with E-state index < -0.39 is 5.97 Å². The molecule has 0 saturated heterocycles. The molecule has 0 atom stereocenters. The highest BCUT2D eigenvalue weighted by Gasteiger charge is 2.16. The van der Waals surface area contributed by atoms with Crippen molar-refractivity contribution in [2.75, 3.05) is 6.79 Å². The van der Waals surface area contributed by atoms with Crippen LogP contribution in [0.4, 0.5) is 0 Å². The fourth-order valence-corrected chi connectivity index (χ4v) is 2.76. The van der Waals surface area contributed by atoms with Crippen molar-refractivity contribution >= 4 is 16.9 Å². The lowest BCUT2D eigenvalue weighted by atomic mass is 10.0. The Morgan fingerprint density at radius 1 is 1.09 bits per heavy atom. The van der Waals surface area contributed by atoms with Crippen molar-refractivity contribution in [1.29, 1.82) is 0 Å². The minimum Gasteiger partial charge on any atom is -0.481 e. The van der Waals surface area contributed by atoms with Crippen molar-refractivity contribution in [2.24, 2.45) is 0 Å². The van der Waals surface area contributed by atoms with Crippen LogP contribution in [0.1, 0.15) is 5.56 Å². The van der Waals surface area contributed by atoms with Crippen molar-refractivity contribution in [2.45, 2.75) is 6.42 Å². The third-order valence-electron chi connectivity index (χ3n) is 3.81. The number of benzene rings is 2. The van der Waals surface area contributed by atoms with Crippen LogP contribution >= 0.6 is 0 Å². The molecule has 0 fully saturated rings. The fraction of sp³-hybridized carbons (Fsp3) is 0.111. The van der Waals surface area contributed by atoms with Gasteiger partial charge in [0, 0.05) is 10.9 Å². The van der Waals surface area contributed by atoms with E-state index in [1.807, 2.05) is 48.5 Å². The number of fused-ring (bicyclic) bond motifs is 2. The van der Waals surface area contributed by atoms with Gasteiger partial charge in [-0.15, -0.1) is 0 Å². The third-order valence-corrected chi connectivity index (χ3v) is 3.81. The predicted molar refractivity (Wildman–Crippen MR) is 84.6 cm³/mol. The zero-order valence-corrected chi connectivity index (χ0v) is 12.2. The van der Waals surface area contributed by atoms with Crippen LogP contribution in [0.5, 0.6) is 11.5 Å². The largest absolute Gasteiger partial charge is 0.481 e. The number of carboxylic acids is 1. The van der Waals surface area contributed by atoms with Crippen LogP contribution in [-0.4, -0.2) is 22.9 Å². The molecule has 5 heteroatoms. The summed E-state index contributed by atoms with van der Waals surface area (Å²) < 4.78 is 10.7. The van der Waals surface area contributed by atoms with Gasteiger partial charge in [0.15, 0.2) is 11.5 Å². The second kappa shape index (κ2) is 5.28. The maximum atomic E-state index is 11.2. The molecular formula is C18H13NO4. The van der Waals surface area contributed by atoms with E-state index in [2.05, 4.69) is 4.98 Å². The summed E-state index contributed by atoms with van der Waals surface area (Å²) in [5.74, 6) is 0.524. The number of para-hydroxylation sites is 1. The molecule has 0 aliphatic carbocycles. The number of pyridine rings is 1. The summed E-state index contributed by atoms with van der Waals surface area (Å²) in [5, 5.41) is 10.0. The Kier molecular flexibility index (Phi) is 3.12. The molecule has 1 aliphatic heterocycles. The normalized spacial score (nSPS) is 12.5. The van der Waals surface area contributed by atoms with Crippen LogP contribution in [0.3, 0.4) is 0 Å². The zero-order valence-electron chi connectivity index (χ0n) is 12.2. The Bertz CT molecular complexity index is 920. The maximum absolute atomic E-state index is 11.2. The van der Waals surface area contributed by atoms with E-state index in [1.165, 1.54) is 0 Å². The van der Waals surface area contributed by atoms with Gasteiger partial charge in [-0.3, -0.25) is 4.79 Å². The van der Waals surface area contributed by atoms with E-state index in [-0.39, 0.29) is 13.2 Å². The average Bonchev–Trinajstić information content (AvgIpc) is 3.01. The molecule has 4 rings (SSSR count). The number of aliphatic carboxylic acids is 1. The fourth-order valence-electron chi connectivity index (χ4n) is 2.76. The van der Waals surface area contributed by atoms with Crippen LogP contribution in [0.2, 0.25) is 0 Å². The SMILES string of the molecule is O=C(O)Cc1cc(-c2ccc3c(c2)OCO3)nc2ccccc12. The monoisotopic (exact) mass is 307 g/mol. The molecule has 1 aromatic heterocycles. The minimum atomic E-state index is -0.863. The van der Waals surface area contributed by atoms with Gasteiger partial charge in [-0.2, -0.15) is 0 Å². The smallest absolute Gasteiger partial charge is 0.307 e. The molecule has 0 saturated carbocycles. The van der Waals surface area contributed by atoms with Crippen molar-refractivity contribution < 1.29 is 19.4 Å². The van der Waals surface area contributed by atoms with E-state index in [4.69, 9.17) is 14.6 Å². The number of nitrogens with zero attached hydrogens (tertiary/aromatic N) is 1. The van der Waals surface area contributed by atoms with Crippen LogP contribution < -0.4 is 9.47 Å². The number of hydrogen-bond donors (Lipinski definition) is 1. The molecule has 0 amide bonds. The van der Waals surface area contributed by atoms with E-state index in [9.17, 15) is 4.79 Å². The molecule has 114 valence electrons. The standard InChI is InChI=1S/C18H13NO4/c20-18(21)9-12-7-15(19-14-4-2-1-3-13(12)14)11-5-6-16-17(8-11)23-10-22-16/h1-8H,9-10H2,(H,20,21). The van der Waals surface area contributed by atoms with Crippen LogP contribution in [0.15, 0.2) is 48.5 Å². The molecule has 1 N–H and O–H groups in total. The van der Waals surface area contributed by atoms with Crippen molar-refractivity contribution in [3.8, 4) is 22.8 Å². The van der Waals surface area contributed by atoms with E-state index in [0.29, 0.717) is 11.5 Å². The first-order valence-electron chi connectivity index (χ1n) is 7.21. The summed E-state index contributed by atoms with van der Waals surface area (Å²) in [6.45, 7) is 0.216. The first kappa shape index (κ1) is 13.6. The molecule has 0 bridgehead atoms. The van der Waals surface area contributed by atoms with Crippen molar-refractivity contribution in [3.63, 3.8) is 0 Å². The highest BCUT2D eigenvalue weighted by molar-refractivity contribution is 5.88. The Hall–Kier alpha value is -3.08. The molecule has 0 radical (unpaired) electrons. The average molecular weight is 307 g/mol. The lowest BCUT2D eigenvalue weighted by Gasteiger charge is -2.09. The van der Waals surface area contributed by atoms with Crippen LogP contribution in [0, 0.1) is 0 Å². The van der Waals surface area contributed by atoms with E-state index in [0.717, 1.165) is 27.7 Å². The predicted octanol–water partition coefficient (Wildman–Crippen LogP) is 3.26. The number of ether oxygens (including phenoxy) is 2. The topological polar surface area (TPSA) is 68.7 Å². The van der Waals surface area contributed by atoms with E-state index >= 15 is 0 Å². The number of hydrogen-bond acceptors (Lipinski definition) is 4. The summed E-state index contributed by atoms with van der Waals surface area (Å²) in [6.07, 6.45) is -0.0411. The van der Waals surface area contributed by atoms with Gasteiger partial charge in [-0.05, 0) is 35.9 Å². The lowest BCUT2D eigenvalue weighted by molar-refractivity contribution is -0.136. The van der Waals surface area contributed by atoms with Gasteiger partial charge in [-0.1, -0.05) is 18.2 Å². The van der Waals surface area contributed by atoms with Gasteiger partial charge < -0.3 is 14.6 Å². The van der Waals surface area contributed by atoms with Crippen molar-refractivity contribution in [1.82, 2.24) is 4.98 Å². The maximum Gasteiger partial charge on any atom is 0.307 e. The molecule has 0 unspecified atom stereocenters. The van der Waals surface area contributed by atoms with Gasteiger partial charge in [0.2, 0.25) is 6.79 Å². The van der Waals surface area contributed by atoms with Gasteiger partial charge in [0.1, 0.15) is 0 Å². The van der Waals surface area contributed by atoms with Crippen molar-refractivity contribution in [3.05, 3.63) is 54.1 Å². The summed E-state index contributed by atoms with van der Waals surface area (Å²) in [5.41, 5.74) is 3.11. The molecule has 2 aromatic carbocycles. The molecule has 3 aromatic rings. The number of carbonyl (C=O) groups is 1. The Morgan fingerprint density at radius 2 is 1.91 bits per heavy atom. The Balaban J connectivity index is 1.88. The second-order valence-corrected chi connectivity index (χ2v) is 5.32. The number of carboxylic acid groups (broad SMARTS) is 1. The highest BCUT2D eigenvalue weighted by atomic mass is 16.7. The lowest BCUT2D eigenvalue weighted by Crippen LogP contribution is -2.02. The Morgan fingerprint density at radius 3 is 2.78 bits per heavy atom. The molecule has 2 heterocycles. The molecule has 5 nitrogen and oxygen atoms in total. The summed E-state index contributed by atoms with van der Waals surface area (Å²) >= 11 is 0. The molecule has 0 spiro atoms. The van der Waals surface area contributed by atoms with E-state index in [1.54, 1.807) is 0 Å². The number of aromatic nitrogens is 1.